The van der Waals surface area contributed by atoms with Crippen LogP contribution in [0.15, 0.2) is 0 Å². The quantitative estimate of drug-likeness (QED) is 0.415. The molecule has 0 aliphatic carbocycles. The van der Waals surface area contributed by atoms with Crippen LogP contribution >= 0.6 is 11.8 Å². The summed E-state index contributed by atoms with van der Waals surface area (Å²) in [6.45, 7) is 4.00. The van der Waals surface area contributed by atoms with Gasteiger partial charge in [0.25, 0.3) is 11.8 Å². The van der Waals surface area contributed by atoms with Crippen molar-refractivity contribution in [2.45, 2.75) is 69.7 Å². The number of nitrogens with one attached hydrogen (secondary N) is 2. The highest BCUT2D eigenvalue weighted by Gasteiger charge is 2.42. The third-order valence-corrected chi connectivity index (χ3v) is 5.77. The number of amides is 4. The highest BCUT2D eigenvalue weighted by molar-refractivity contribution is 8.00. The molecule has 3 saturated heterocycles. The van der Waals surface area contributed by atoms with Crippen LogP contribution in [0.5, 0.6) is 0 Å². The van der Waals surface area contributed by atoms with Gasteiger partial charge in [-0.3, -0.25) is 9.59 Å². The fourth-order valence-electron chi connectivity index (χ4n) is 3.06. The van der Waals surface area contributed by atoms with Crippen molar-refractivity contribution in [2.24, 2.45) is 0 Å². The number of unbranched alkanes of at least 4 members (excludes halogenated alkanes) is 1. The molecule has 0 radical (unpaired) electrons. The molecular formula is C16H25N3O5S. The molecule has 2 N–H and O–H groups in total. The number of urea groups is 1. The predicted molar refractivity (Wildman–Crippen MR) is 92.5 cm³/mol. The normalized spacial score (nSPS) is 27.4. The number of hydroxylamine groups is 2. The first-order valence-corrected chi connectivity index (χ1v) is 9.84. The van der Waals surface area contributed by atoms with E-state index in [1.165, 1.54) is 0 Å². The summed E-state index contributed by atoms with van der Waals surface area (Å²) in [4.78, 5) is 50.5. The molecule has 3 heterocycles. The molecule has 8 nitrogen and oxygen atoms in total. The standard InChI is InChI=1S/C14H19N3O5S.C2H6/c18-10-5-6-11(19)17(10)22-12(20)4-2-1-3-9-13-8(7-23-9)15-14(21)16-13;1-2/h8-9,13H,1-7H2,(H2,15,16,21);1-2H3. The second kappa shape index (κ2) is 9.07. The van der Waals surface area contributed by atoms with E-state index >= 15 is 0 Å². The van der Waals surface area contributed by atoms with Gasteiger partial charge in [0.05, 0.1) is 12.1 Å². The third kappa shape index (κ3) is 4.87. The number of rotatable bonds is 6. The van der Waals surface area contributed by atoms with E-state index in [4.69, 9.17) is 4.84 Å². The van der Waals surface area contributed by atoms with Gasteiger partial charge in [0.1, 0.15) is 0 Å². The Bertz CT molecular complexity index is 526. The van der Waals surface area contributed by atoms with Gasteiger partial charge >= 0.3 is 12.0 Å². The number of thioether (sulfide) groups is 1. The second-order valence-electron chi connectivity index (χ2n) is 5.91. The van der Waals surface area contributed by atoms with Gasteiger partial charge in [0, 0.05) is 30.3 Å². The predicted octanol–water partition coefficient (Wildman–Crippen LogP) is 1.35. The van der Waals surface area contributed by atoms with Crippen molar-refractivity contribution in [2.75, 3.05) is 5.75 Å². The van der Waals surface area contributed by atoms with Crippen LogP contribution < -0.4 is 10.6 Å². The number of imide groups is 1. The molecule has 0 aromatic heterocycles. The topological polar surface area (TPSA) is 105 Å². The summed E-state index contributed by atoms with van der Waals surface area (Å²) >= 11 is 1.83. The van der Waals surface area contributed by atoms with Gasteiger partial charge in [-0.25, -0.2) is 9.59 Å². The number of nitrogens with zero attached hydrogens (tertiary/aromatic N) is 1. The van der Waals surface area contributed by atoms with Crippen molar-refractivity contribution >= 4 is 35.6 Å². The largest absolute Gasteiger partial charge is 0.333 e. The number of carbonyl (C=O) groups excluding carboxylic acids is 4. The van der Waals surface area contributed by atoms with E-state index < -0.39 is 17.8 Å². The Morgan fingerprint density at radius 1 is 1.16 bits per heavy atom. The maximum absolute atomic E-state index is 11.7. The number of fused-ring (bicyclic) bond motifs is 1. The molecule has 0 bridgehead atoms. The van der Waals surface area contributed by atoms with Crippen molar-refractivity contribution in [3.63, 3.8) is 0 Å². The summed E-state index contributed by atoms with van der Waals surface area (Å²) in [5.41, 5.74) is 0. The molecule has 3 unspecified atom stereocenters. The van der Waals surface area contributed by atoms with Crippen LogP contribution in [0.2, 0.25) is 0 Å². The minimum atomic E-state index is -0.554. The van der Waals surface area contributed by atoms with E-state index in [0.717, 1.165) is 18.6 Å². The zero-order valence-corrected chi connectivity index (χ0v) is 15.4. The summed E-state index contributed by atoms with van der Waals surface area (Å²) in [6.07, 6.45) is 2.75. The zero-order valence-electron chi connectivity index (χ0n) is 14.6. The Hall–Kier alpha value is -1.77. The molecule has 0 aromatic carbocycles. The fraction of sp³-hybridized carbons (Fsp3) is 0.750. The Morgan fingerprint density at radius 2 is 1.84 bits per heavy atom. The fourth-order valence-corrected chi connectivity index (χ4v) is 4.61. The average molecular weight is 371 g/mol. The van der Waals surface area contributed by atoms with Crippen LogP contribution in [0.3, 0.4) is 0 Å². The van der Waals surface area contributed by atoms with Crippen LogP contribution in [0.4, 0.5) is 4.79 Å². The molecule has 25 heavy (non-hydrogen) atoms. The van der Waals surface area contributed by atoms with Crippen LogP contribution in [0, 0.1) is 0 Å². The number of hydrogen-bond acceptors (Lipinski definition) is 6. The summed E-state index contributed by atoms with van der Waals surface area (Å²) in [5, 5.41) is 6.76. The van der Waals surface area contributed by atoms with Gasteiger partial charge in [0.15, 0.2) is 0 Å². The lowest BCUT2D eigenvalue weighted by molar-refractivity contribution is -0.197. The lowest BCUT2D eigenvalue weighted by atomic mass is 10.0. The highest BCUT2D eigenvalue weighted by atomic mass is 32.2. The van der Waals surface area contributed by atoms with Gasteiger partial charge in [-0.2, -0.15) is 11.8 Å². The van der Waals surface area contributed by atoms with E-state index in [0.29, 0.717) is 16.7 Å². The molecule has 140 valence electrons. The van der Waals surface area contributed by atoms with Gasteiger partial charge in [-0.05, 0) is 12.8 Å². The molecule has 3 fully saturated rings. The summed E-state index contributed by atoms with van der Waals surface area (Å²) < 4.78 is 0. The average Bonchev–Trinajstić information content (AvgIpc) is 3.24. The van der Waals surface area contributed by atoms with Gasteiger partial charge in [0.2, 0.25) is 0 Å². The summed E-state index contributed by atoms with van der Waals surface area (Å²) in [7, 11) is 0. The summed E-state index contributed by atoms with van der Waals surface area (Å²) in [5.74, 6) is -0.557. The van der Waals surface area contributed by atoms with Crippen LogP contribution in [0.1, 0.15) is 52.4 Å². The van der Waals surface area contributed by atoms with Crippen LogP contribution in [0.25, 0.3) is 0 Å². The Kier molecular flexibility index (Phi) is 7.10. The molecule has 3 atom stereocenters. The zero-order chi connectivity index (χ0) is 18.4. The van der Waals surface area contributed by atoms with Gasteiger partial charge in [-0.1, -0.05) is 20.3 Å². The Morgan fingerprint density at radius 3 is 2.52 bits per heavy atom. The third-order valence-electron chi connectivity index (χ3n) is 4.26. The molecule has 9 heteroatoms. The highest BCUT2D eigenvalue weighted by Crippen LogP contribution is 2.33. The van der Waals surface area contributed by atoms with Crippen LogP contribution in [-0.2, 0) is 19.2 Å². The molecule has 3 aliphatic rings. The van der Waals surface area contributed by atoms with E-state index in [1.54, 1.807) is 0 Å². The smallest absolute Gasteiger partial charge is 0.332 e. The minimum absolute atomic E-state index is 0.103. The maximum atomic E-state index is 11.7. The lowest BCUT2D eigenvalue weighted by Gasteiger charge is -2.16. The van der Waals surface area contributed by atoms with Crippen molar-refractivity contribution < 1.29 is 24.0 Å². The molecule has 0 saturated carbocycles. The van der Waals surface area contributed by atoms with E-state index in [9.17, 15) is 19.2 Å². The molecule has 0 aromatic rings. The van der Waals surface area contributed by atoms with Gasteiger partial charge < -0.3 is 15.5 Å². The second-order valence-corrected chi connectivity index (χ2v) is 7.18. The van der Waals surface area contributed by atoms with E-state index in [2.05, 4.69) is 10.6 Å². The first-order chi connectivity index (χ1) is 12.0. The first kappa shape index (κ1) is 19.6. The van der Waals surface area contributed by atoms with E-state index in [1.807, 2.05) is 25.6 Å². The Labute approximate surface area is 151 Å². The van der Waals surface area contributed by atoms with E-state index in [-0.39, 0.29) is 37.4 Å². The number of carbonyl (C=O) groups is 4. The molecule has 0 spiro atoms. The van der Waals surface area contributed by atoms with Gasteiger partial charge in [-0.15, -0.1) is 5.06 Å². The van der Waals surface area contributed by atoms with Crippen LogP contribution in [-0.4, -0.2) is 52.0 Å². The van der Waals surface area contributed by atoms with Crippen molar-refractivity contribution in [1.82, 2.24) is 15.7 Å². The van der Waals surface area contributed by atoms with Crippen molar-refractivity contribution in [3.8, 4) is 0 Å². The lowest BCUT2D eigenvalue weighted by Crippen LogP contribution is -2.36. The van der Waals surface area contributed by atoms with Crippen molar-refractivity contribution in [1.29, 1.82) is 0 Å². The monoisotopic (exact) mass is 371 g/mol. The SMILES string of the molecule is CC.O=C1NC2CSC(CCCCC(=O)ON3C(=O)CCC3=O)C2N1. The molecule has 3 rings (SSSR count). The van der Waals surface area contributed by atoms with Crippen molar-refractivity contribution in [3.05, 3.63) is 0 Å². The minimum Gasteiger partial charge on any atom is -0.332 e. The Balaban J connectivity index is 0.00000109. The summed E-state index contributed by atoms with van der Waals surface area (Å²) in [6, 6.07) is 0.266. The maximum Gasteiger partial charge on any atom is 0.333 e. The first-order valence-electron chi connectivity index (χ1n) is 8.80. The molecule has 3 aliphatic heterocycles. The number of hydrogen-bond donors (Lipinski definition) is 2. The molecule has 4 amide bonds. The molecular weight excluding hydrogens is 346 g/mol.